The standard InChI is InChI=1S/C10H17N5O/c1-2-6-3-4-7(16-6)15-10-8(11)9(12)13-5-14-10/h5-7H,2-4,11H2,1H3,(H3,12,13,14,15)/t6-,7-/m1/s1. The molecule has 16 heavy (non-hydrogen) atoms. The van der Waals surface area contributed by atoms with Crippen LogP contribution < -0.4 is 16.8 Å². The van der Waals surface area contributed by atoms with Gasteiger partial charge < -0.3 is 21.5 Å². The summed E-state index contributed by atoms with van der Waals surface area (Å²) in [6.07, 6.45) is 4.75. The van der Waals surface area contributed by atoms with E-state index in [0.29, 0.717) is 23.4 Å². The first-order chi connectivity index (χ1) is 7.70. The van der Waals surface area contributed by atoms with Gasteiger partial charge in [0, 0.05) is 0 Å². The highest BCUT2D eigenvalue weighted by molar-refractivity contribution is 5.72. The normalized spacial score (nSPS) is 24.6. The van der Waals surface area contributed by atoms with Crippen molar-refractivity contribution < 1.29 is 4.74 Å². The van der Waals surface area contributed by atoms with Crippen molar-refractivity contribution in [2.24, 2.45) is 0 Å². The molecule has 0 unspecified atom stereocenters. The topological polar surface area (TPSA) is 99.1 Å². The van der Waals surface area contributed by atoms with Crippen molar-refractivity contribution in [2.45, 2.75) is 38.5 Å². The molecule has 88 valence electrons. The highest BCUT2D eigenvalue weighted by atomic mass is 16.5. The molecule has 0 saturated carbocycles. The first-order valence-electron chi connectivity index (χ1n) is 5.48. The van der Waals surface area contributed by atoms with Gasteiger partial charge in [-0.1, -0.05) is 6.92 Å². The molecule has 1 fully saturated rings. The number of nitrogens with one attached hydrogen (secondary N) is 1. The Balaban J connectivity index is 2.02. The van der Waals surface area contributed by atoms with Crippen molar-refractivity contribution in [3.05, 3.63) is 6.33 Å². The second-order valence-corrected chi connectivity index (χ2v) is 3.90. The molecule has 2 heterocycles. The van der Waals surface area contributed by atoms with Gasteiger partial charge in [0.15, 0.2) is 11.6 Å². The van der Waals surface area contributed by atoms with E-state index in [1.807, 2.05) is 0 Å². The lowest BCUT2D eigenvalue weighted by Gasteiger charge is -2.16. The Kier molecular flexibility index (Phi) is 3.09. The van der Waals surface area contributed by atoms with Crippen LogP contribution in [0.2, 0.25) is 0 Å². The molecule has 1 aliphatic heterocycles. The van der Waals surface area contributed by atoms with Crippen molar-refractivity contribution in [2.75, 3.05) is 16.8 Å². The molecule has 0 bridgehead atoms. The summed E-state index contributed by atoms with van der Waals surface area (Å²) in [4.78, 5) is 7.85. The summed E-state index contributed by atoms with van der Waals surface area (Å²) in [6.45, 7) is 2.12. The molecule has 1 saturated heterocycles. The molecule has 1 aliphatic rings. The van der Waals surface area contributed by atoms with Crippen molar-refractivity contribution in [1.29, 1.82) is 0 Å². The minimum Gasteiger partial charge on any atom is -0.393 e. The summed E-state index contributed by atoms with van der Waals surface area (Å²) in [5.41, 5.74) is 11.7. The Morgan fingerprint density at radius 2 is 2.25 bits per heavy atom. The summed E-state index contributed by atoms with van der Waals surface area (Å²) < 4.78 is 5.74. The van der Waals surface area contributed by atoms with Crippen LogP contribution in [0.4, 0.5) is 17.3 Å². The van der Waals surface area contributed by atoms with Gasteiger partial charge in [0.25, 0.3) is 0 Å². The second kappa shape index (κ2) is 4.52. The number of nitrogens with two attached hydrogens (primary N) is 2. The molecular weight excluding hydrogens is 206 g/mol. The molecule has 5 N–H and O–H groups in total. The summed E-state index contributed by atoms with van der Waals surface area (Å²) in [5.74, 6) is 0.844. The molecule has 6 heteroatoms. The lowest BCUT2D eigenvalue weighted by molar-refractivity contribution is 0.0586. The third-order valence-electron chi connectivity index (χ3n) is 2.78. The third kappa shape index (κ3) is 2.16. The van der Waals surface area contributed by atoms with Gasteiger partial charge in [-0.3, -0.25) is 0 Å². The lowest BCUT2D eigenvalue weighted by atomic mass is 10.2. The van der Waals surface area contributed by atoms with Crippen LogP contribution in [0.5, 0.6) is 0 Å². The van der Waals surface area contributed by atoms with E-state index >= 15 is 0 Å². The summed E-state index contributed by atoms with van der Waals surface area (Å²) >= 11 is 0. The molecule has 0 aliphatic carbocycles. The van der Waals surface area contributed by atoms with E-state index in [1.165, 1.54) is 6.33 Å². The van der Waals surface area contributed by atoms with Crippen LogP contribution in [0.15, 0.2) is 6.33 Å². The molecule has 1 aromatic rings. The van der Waals surface area contributed by atoms with E-state index in [4.69, 9.17) is 16.2 Å². The van der Waals surface area contributed by atoms with E-state index < -0.39 is 0 Å². The predicted molar refractivity (Wildman–Crippen MR) is 62.7 cm³/mol. The fourth-order valence-corrected chi connectivity index (χ4v) is 1.79. The number of aromatic nitrogens is 2. The van der Waals surface area contributed by atoms with E-state index in [2.05, 4.69) is 22.2 Å². The number of nitrogen functional groups attached to an aromatic ring is 2. The molecule has 0 aromatic carbocycles. The number of hydrogen-bond donors (Lipinski definition) is 3. The summed E-state index contributed by atoms with van der Waals surface area (Å²) in [5, 5.41) is 3.14. The highest BCUT2D eigenvalue weighted by Crippen LogP contribution is 2.26. The van der Waals surface area contributed by atoms with E-state index in [-0.39, 0.29) is 6.23 Å². The Morgan fingerprint density at radius 3 is 2.94 bits per heavy atom. The van der Waals surface area contributed by atoms with Crippen LogP contribution in [0.25, 0.3) is 0 Å². The fraction of sp³-hybridized carbons (Fsp3) is 0.600. The number of nitrogens with zero attached hydrogens (tertiary/aromatic N) is 2. The maximum absolute atomic E-state index is 5.76. The first-order valence-corrected chi connectivity index (χ1v) is 5.48. The summed E-state index contributed by atoms with van der Waals surface area (Å²) in [6, 6.07) is 0. The van der Waals surface area contributed by atoms with E-state index in [9.17, 15) is 0 Å². The molecule has 0 amide bonds. The average molecular weight is 223 g/mol. The first kappa shape index (κ1) is 10.9. The van der Waals surface area contributed by atoms with E-state index in [1.54, 1.807) is 0 Å². The number of ether oxygens (including phenoxy) is 1. The van der Waals surface area contributed by atoms with Gasteiger partial charge in [-0.25, -0.2) is 9.97 Å². The van der Waals surface area contributed by atoms with Crippen LogP contribution in [0.1, 0.15) is 26.2 Å². The minimum absolute atomic E-state index is 0.0263. The summed E-state index contributed by atoms with van der Waals surface area (Å²) in [7, 11) is 0. The van der Waals surface area contributed by atoms with Crippen LogP contribution >= 0.6 is 0 Å². The fourth-order valence-electron chi connectivity index (χ4n) is 1.79. The Labute approximate surface area is 94.4 Å². The second-order valence-electron chi connectivity index (χ2n) is 3.90. The van der Waals surface area contributed by atoms with E-state index in [0.717, 1.165) is 19.3 Å². The molecule has 6 nitrogen and oxygen atoms in total. The van der Waals surface area contributed by atoms with Gasteiger partial charge in [0.05, 0.1) is 6.10 Å². The van der Waals surface area contributed by atoms with Gasteiger partial charge in [0.2, 0.25) is 0 Å². The number of hydrogen-bond acceptors (Lipinski definition) is 6. The Morgan fingerprint density at radius 1 is 1.44 bits per heavy atom. The van der Waals surface area contributed by atoms with Crippen molar-refractivity contribution in [1.82, 2.24) is 9.97 Å². The SMILES string of the molecule is CC[C@@H]1CC[C@H](Nc2ncnc(N)c2N)O1. The van der Waals surface area contributed by atoms with Crippen molar-refractivity contribution >= 4 is 17.3 Å². The molecule has 2 atom stereocenters. The van der Waals surface area contributed by atoms with Gasteiger partial charge >= 0.3 is 0 Å². The van der Waals surface area contributed by atoms with Crippen LogP contribution in [0, 0.1) is 0 Å². The van der Waals surface area contributed by atoms with Gasteiger partial charge in [-0.15, -0.1) is 0 Å². The molecule has 1 aromatic heterocycles. The number of anilines is 3. The zero-order valence-electron chi connectivity index (χ0n) is 9.31. The predicted octanol–water partition coefficient (Wildman–Crippen LogP) is 0.968. The molecule has 0 radical (unpaired) electrons. The van der Waals surface area contributed by atoms with Crippen LogP contribution in [-0.4, -0.2) is 22.3 Å². The van der Waals surface area contributed by atoms with Crippen LogP contribution in [-0.2, 0) is 4.74 Å². The largest absolute Gasteiger partial charge is 0.393 e. The van der Waals surface area contributed by atoms with Crippen molar-refractivity contribution in [3.8, 4) is 0 Å². The Hall–Kier alpha value is -1.56. The van der Waals surface area contributed by atoms with Crippen molar-refractivity contribution in [3.63, 3.8) is 0 Å². The maximum Gasteiger partial charge on any atom is 0.156 e. The van der Waals surface area contributed by atoms with Gasteiger partial charge in [0.1, 0.15) is 18.2 Å². The number of rotatable bonds is 3. The monoisotopic (exact) mass is 223 g/mol. The third-order valence-corrected chi connectivity index (χ3v) is 2.78. The quantitative estimate of drug-likeness (QED) is 0.706. The van der Waals surface area contributed by atoms with Gasteiger partial charge in [-0.05, 0) is 19.3 Å². The van der Waals surface area contributed by atoms with Gasteiger partial charge in [-0.2, -0.15) is 0 Å². The maximum atomic E-state index is 5.76. The average Bonchev–Trinajstić information content (AvgIpc) is 2.73. The molecular formula is C10H17N5O. The molecule has 2 rings (SSSR count). The van der Waals surface area contributed by atoms with Crippen LogP contribution in [0.3, 0.4) is 0 Å². The lowest BCUT2D eigenvalue weighted by Crippen LogP contribution is -2.21. The molecule has 0 spiro atoms. The zero-order valence-corrected chi connectivity index (χ0v) is 9.31. The minimum atomic E-state index is -0.0263. The Bertz CT molecular complexity index is 370. The smallest absolute Gasteiger partial charge is 0.156 e. The highest BCUT2D eigenvalue weighted by Gasteiger charge is 2.24. The zero-order chi connectivity index (χ0) is 11.5.